The van der Waals surface area contributed by atoms with Crippen LogP contribution in [0.5, 0.6) is 0 Å². The number of guanidine groups is 1. The van der Waals surface area contributed by atoms with Crippen molar-refractivity contribution in [2.24, 2.45) is 12.0 Å². The largest absolute Gasteiger partial charge is 0.356 e. The smallest absolute Gasteiger partial charge is 0.191 e. The molecule has 5 nitrogen and oxygen atoms in total. The molecule has 0 spiro atoms. The van der Waals surface area contributed by atoms with Crippen LogP contribution in [0.15, 0.2) is 41.7 Å². The molecule has 6 heteroatoms. The standard InChI is InChI=1S/C16H23N5.HI/c1-13-4-6-14(7-5-13)10-19-16(17-2)18-9-8-15-11-20-21(3)12-15;/h4-7,11-12H,8-10H2,1-3H3,(H2,17,18,19);1H. The molecule has 0 aliphatic heterocycles. The van der Waals surface area contributed by atoms with Crippen LogP contribution in [0.1, 0.15) is 16.7 Å². The van der Waals surface area contributed by atoms with Crippen molar-refractivity contribution < 1.29 is 0 Å². The Morgan fingerprint density at radius 1 is 1.18 bits per heavy atom. The van der Waals surface area contributed by atoms with Crippen molar-refractivity contribution in [3.8, 4) is 0 Å². The Kier molecular flexibility index (Phi) is 7.94. The molecule has 0 unspecified atom stereocenters. The van der Waals surface area contributed by atoms with Gasteiger partial charge in [0, 0.05) is 33.4 Å². The molecule has 22 heavy (non-hydrogen) atoms. The van der Waals surface area contributed by atoms with E-state index in [2.05, 4.69) is 51.9 Å². The highest BCUT2D eigenvalue weighted by molar-refractivity contribution is 14.0. The minimum absolute atomic E-state index is 0. The average Bonchev–Trinajstić information content (AvgIpc) is 2.90. The van der Waals surface area contributed by atoms with Crippen LogP contribution in [0.3, 0.4) is 0 Å². The lowest BCUT2D eigenvalue weighted by Crippen LogP contribution is -2.37. The summed E-state index contributed by atoms with van der Waals surface area (Å²) in [6.07, 6.45) is 4.85. The van der Waals surface area contributed by atoms with Crippen LogP contribution < -0.4 is 10.6 Å². The summed E-state index contributed by atoms with van der Waals surface area (Å²) in [6.45, 7) is 3.70. The molecule has 0 bridgehead atoms. The predicted octanol–water partition coefficient (Wildman–Crippen LogP) is 2.25. The normalized spacial score (nSPS) is 11.0. The molecule has 0 saturated heterocycles. The van der Waals surface area contributed by atoms with Gasteiger partial charge in [0.1, 0.15) is 0 Å². The zero-order valence-electron chi connectivity index (χ0n) is 13.3. The van der Waals surface area contributed by atoms with E-state index in [4.69, 9.17) is 0 Å². The van der Waals surface area contributed by atoms with Crippen molar-refractivity contribution >= 4 is 29.9 Å². The molecule has 2 N–H and O–H groups in total. The van der Waals surface area contributed by atoms with E-state index in [1.807, 2.05) is 24.1 Å². The van der Waals surface area contributed by atoms with Gasteiger partial charge in [0.15, 0.2) is 5.96 Å². The van der Waals surface area contributed by atoms with Gasteiger partial charge < -0.3 is 10.6 Å². The third-order valence-corrected chi connectivity index (χ3v) is 3.27. The second kappa shape index (κ2) is 9.45. The Morgan fingerprint density at radius 2 is 1.91 bits per heavy atom. The van der Waals surface area contributed by atoms with Gasteiger partial charge in [-0.1, -0.05) is 29.8 Å². The molecule has 0 saturated carbocycles. The molecule has 120 valence electrons. The van der Waals surface area contributed by atoms with Crippen molar-refractivity contribution in [2.45, 2.75) is 19.9 Å². The molecular formula is C16H24IN5. The average molecular weight is 413 g/mol. The number of rotatable bonds is 5. The fraction of sp³-hybridized carbons (Fsp3) is 0.375. The van der Waals surface area contributed by atoms with Gasteiger partial charge in [-0.2, -0.15) is 5.10 Å². The molecule has 0 fully saturated rings. The van der Waals surface area contributed by atoms with Gasteiger partial charge in [0.05, 0.1) is 6.20 Å². The topological polar surface area (TPSA) is 54.2 Å². The van der Waals surface area contributed by atoms with E-state index < -0.39 is 0 Å². The monoisotopic (exact) mass is 413 g/mol. The van der Waals surface area contributed by atoms with E-state index in [1.54, 1.807) is 7.05 Å². The highest BCUT2D eigenvalue weighted by atomic mass is 127. The van der Waals surface area contributed by atoms with Gasteiger partial charge in [-0.25, -0.2) is 0 Å². The van der Waals surface area contributed by atoms with Crippen LogP contribution in [-0.2, 0) is 20.0 Å². The van der Waals surface area contributed by atoms with Crippen LogP contribution in [0.25, 0.3) is 0 Å². The van der Waals surface area contributed by atoms with Crippen molar-refractivity contribution in [1.29, 1.82) is 0 Å². The van der Waals surface area contributed by atoms with Crippen molar-refractivity contribution in [3.05, 3.63) is 53.3 Å². The minimum Gasteiger partial charge on any atom is -0.356 e. The van der Waals surface area contributed by atoms with E-state index in [1.165, 1.54) is 16.7 Å². The quantitative estimate of drug-likeness (QED) is 0.449. The summed E-state index contributed by atoms with van der Waals surface area (Å²) in [5.74, 6) is 0.819. The Hall–Kier alpha value is -1.57. The summed E-state index contributed by atoms with van der Waals surface area (Å²) in [5.41, 5.74) is 3.74. The summed E-state index contributed by atoms with van der Waals surface area (Å²) in [7, 11) is 3.72. The van der Waals surface area contributed by atoms with Crippen LogP contribution in [0.2, 0.25) is 0 Å². The van der Waals surface area contributed by atoms with Crippen LogP contribution in [0, 0.1) is 6.92 Å². The van der Waals surface area contributed by atoms with Gasteiger partial charge in [0.2, 0.25) is 0 Å². The van der Waals surface area contributed by atoms with E-state index in [-0.39, 0.29) is 24.0 Å². The first-order valence-corrected chi connectivity index (χ1v) is 7.15. The number of nitrogens with zero attached hydrogens (tertiary/aromatic N) is 3. The molecule has 2 rings (SSSR count). The van der Waals surface area contributed by atoms with E-state index in [0.29, 0.717) is 0 Å². The Balaban J connectivity index is 0.00000242. The summed E-state index contributed by atoms with van der Waals surface area (Å²) < 4.78 is 1.82. The molecule has 1 aromatic heterocycles. The Morgan fingerprint density at radius 3 is 2.50 bits per heavy atom. The van der Waals surface area contributed by atoms with Crippen LogP contribution >= 0.6 is 24.0 Å². The number of aliphatic imine (C=N–C) groups is 1. The van der Waals surface area contributed by atoms with Crippen molar-refractivity contribution in [3.63, 3.8) is 0 Å². The maximum absolute atomic E-state index is 4.23. The van der Waals surface area contributed by atoms with E-state index >= 15 is 0 Å². The SMILES string of the molecule is CN=C(NCCc1cnn(C)c1)NCc1ccc(C)cc1.I. The predicted molar refractivity (Wildman–Crippen MR) is 102 cm³/mol. The summed E-state index contributed by atoms with van der Waals surface area (Å²) in [5, 5.41) is 10.8. The van der Waals surface area contributed by atoms with Crippen molar-refractivity contribution in [1.82, 2.24) is 20.4 Å². The zero-order chi connectivity index (χ0) is 15.1. The molecular weight excluding hydrogens is 389 g/mol. The molecule has 2 aromatic rings. The maximum atomic E-state index is 4.23. The Labute approximate surface area is 149 Å². The molecule has 0 aliphatic rings. The van der Waals surface area contributed by atoms with Crippen molar-refractivity contribution in [2.75, 3.05) is 13.6 Å². The molecule has 0 radical (unpaired) electrons. The Bertz CT molecular complexity index is 589. The van der Waals surface area contributed by atoms with Gasteiger partial charge >= 0.3 is 0 Å². The number of aromatic nitrogens is 2. The summed E-state index contributed by atoms with van der Waals surface area (Å²) in [6, 6.07) is 8.50. The van der Waals surface area contributed by atoms with Gasteiger partial charge in [0.25, 0.3) is 0 Å². The molecule has 0 amide bonds. The molecule has 1 heterocycles. The summed E-state index contributed by atoms with van der Waals surface area (Å²) >= 11 is 0. The first-order valence-electron chi connectivity index (χ1n) is 7.15. The number of hydrogen-bond donors (Lipinski definition) is 2. The lowest BCUT2D eigenvalue weighted by Gasteiger charge is -2.11. The number of halogens is 1. The van der Waals surface area contributed by atoms with Gasteiger partial charge in [-0.3, -0.25) is 9.67 Å². The third-order valence-electron chi connectivity index (χ3n) is 3.27. The second-order valence-electron chi connectivity index (χ2n) is 5.11. The van der Waals surface area contributed by atoms with Crippen LogP contribution in [0.4, 0.5) is 0 Å². The van der Waals surface area contributed by atoms with Gasteiger partial charge in [-0.05, 0) is 24.5 Å². The molecule has 1 aromatic carbocycles. The highest BCUT2D eigenvalue weighted by Crippen LogP contribution is 2.02. The number of nitrogens with one attached hydrogen (secondary N) is 2. The first-order chi connectivity index (χ1) is 10.2. The molecule has 0 aliphatic carbocycles. The van der Waals surface area contributed by atoms with Gasteiger partial charge in [-0.15, -0.1) is 24.0 Å². The fourth-order valence-electron chi connectivity index (χ4n) is 2.04. The fourth-order valence-corrected chi connectivity index (χ4v) is 2.04. The minimum atomic E-state index is 0. The number of aryl methyl sites for hydroxylation is 2. The summed E-state index contributed by atoms with van der Waals surface area (Å²) in [4.78, 5) is 4.23. The van der Waals surface area contributed by atoms with E-state index in [9.17, 15) is 0 Å². The second-order valence-corrected chi connectivity index (χ2v) is 5.11. The van der Waals surface area contributed by atoms with Crippen LogP contribution in [-0.4, -0.2) is 29.3 Å². The molecule has 0 atom stereocenters. The first kappa shape index (κ1) is 18.5. The maximum Gasteiger partial charge on any atom is 0.191 e. The number of hydrogen-bond acceptors (Lipinski definition) is 2. The number of benzene rings is 1. The lowest BCUT2D eigenvalue weighted by atomic mass is 10.1. The van der Waals surface area contributed by atoms with E-state index in [0.717, 1.165) is 25.5 Å². The highest BCUT2D eigenvalue weighted by Gasteiger charge is 2.00. The lowest BCUT2D eigenvalue weighted by molar-refractivity contribution is 0.764. The third kappa shape index (κ3) is 6.05. The zero-order valence-corrected chi connectivity index (χ0v) is 15.7.